The highest BCUT2D eigenvalue weighted by Gasteiger charge is 2.67. The van der Waals surface area contributed by atoms with Crippen LogP contribution in [0.3, 0.4) is 0 Å². The van der Waals surface area contributed by atoms with E-state index in [1.54, 1.807) is 11.3 Å². The van der Waals surface area contributed by atoms with Crippen LogP contribution >= 0.6 is 27.3 Å². The second-order valence-corrected chi connectivity index (χ2v) is 8.10. The van der Waals surface area contributed by atoms with Gasteiger partial charge < -0.3 is 15.8 Å². The lowest BCUT2D eigenvalue weighted by molar-refractivity contribution is -0.153. The van der Waals surface area contributed by atoms with Crippen LogP contribution in [0.1, 0.15) is 25.1 Å². The fraction of sp³-hybridized carbons (Fsp3) is 0.714. The van der Waals surface area contributed by atoms with Gasteiger partial charge in [-0.15, -0.1) is 11.3 Å². The Labute approximate surface area is 127 Å². The molecule has 2 aliphatic rings. The molecule has 2 fully saturated rings. The number of ether oxygens (including phenoxy) is 1. The van der Waals surface area contributed by atoms with Gasteiger partial charge in [0.2, 0.25) is 0 Å². The first kappa shape index (κ1) is 14.0. The van der Waals surface area contributed by atoms with Crippen LogP contribution in [0.2, 0.25) is 0 Å². The van der Waals surface area contributed by atoms with Crippen molar-refractivity contribution in [2.24, 2.45) is 17.1 Å². The molecule has 0 amide bonds. The van der Waals surface area contributed by atoms with E-state index in [0.717, 1.165) is 26.1 Å². The van der Waals surface area contributed by atoms with Crippen molar-refractivity contribution < 1.29 is 4.74 Å². The van der Waals surface area contributed by atoms with Gasteiger partial charge in [-0.3, -0.25) is 0 Å². The molecule has 106 valence electrons. The molecular formula is C14H21BrN2OS. The summed E-state index contributed by atoms with van der Waals surface area (Å²) in [7, 11) is 0. The Morgan fingerprint density at radius 2 is 2.37 bits per heavy atom. The zero-order valence-corrected chi connectivity index (χ0v) is 13.8. The number of rotatable bonds is 4. The normalized spacial score (nSPS) is 36.0. The van der Waals surface area contributed by atoms with Crippen LogP contribution in [0.5, 0.6) is 0 Å². The van der Waals surface area contributed by atoms with Gasteiger partial charge in [-0.2, -0.15) is 0 Å². The summed E-state index contributed by atoms with van der Waals surface area (Å²) >= 11 is 5.33. The Hall–Kier alpha value is 0.0600. The molecule has 3 nitrogen and oxygen atoms in total. The molecule has 1 aliphatic carbocycles. The van der Waals surface area contributed by atoms with Crippen LogP contribution in [0.4, 0.5) is 0 Å². The maximum atomic E-state index is 6.69. The van der Waals surface area contributed by atoms with Crippen molar-refractivity contribution in [2.45, 2.75) is 38.5 Å². The Bertz CT molecular complexity index is 476. The van der Waals surface area contributed by atoms with E-state index < -0.39 is 0 Å². The highest BCUT2D eigenvalue weighted by molar-refractivity contribution is 9.10. The fourth-order valence-corrected chi connectivity index (χ4v) is 5.13. The number of hydrogen-bond donors (Lipinski definition) is 2. The summed E-state index contributed by atoms with van der Waals surface area (Å²) < 4.78 is 7.01. The van der Waals surface area contributed by atoms with E-state index in [0.29, 0.717) is 12.0 Å². The largest absolute Gasteiger partial charge is 0.377 e. The van der Waals surface area contributed by atoms with Crippen LogP contribution in [0, 0.1) is 11.3 Å². The number of nitrogens with two attached hydrogens (primary N) is 1. The lowest BCUT2D eigenvalue weighted by Gasteiger charge is -2.62. The molecule has 1 aromatic heterocycles. The molecule has 1 aliphatic heterocycles. The van der Waals surface area contributed by atoms with Gasteiger partial charge in [-0.05, 0) is 33.8 Å². The Morgan fingerprint density at radius 3 is 3.05 bits per heavy atom. The molecule has 1 aromatic rings. The van der Waals surface area contributed by atoms with E-state index in [1.807, 2.05) is 0 Å². The van der Waals surface area contributed by atoms with Crippen molar-refractivity contribution in [3.63, 3.8) is 0 Å². The van der Waals surface area contributed by atoms with E-state index in [4.69, 9.17) is 10.5 Å². The summed E-state index contributed by atoms with van der Waals surface area (Å²) in [5, 5.41) is 5.64. The number of halogens is 1. The molecule has 2 heterocycles. The zero-order valence-electron chi connectivity index (χ0n) is 11.4. The maximum Gasteiger partial charge on any atom is 0.0691 e. The van der Waals surface area contributed by atoms with Gasteiger partial charge >= 0.3 is 0 Å². The van der Waals surface area contributed by atoms with Gasteiger partial charge in [0.15, 0.2) is 0 Å². The maximum absolute atomic E-state index is 6.69. The van der Waals surface area contributed by atoms with Crippen molar-refractivity contribution >= 4 is 27.3 Å². The predicted molar refractivity (Wildman–Crippen MR) is 82.3 cm³/mol. The van der Waals surface area contributed by atoms with E-state index >= 15 is 0 Å². The number of thiophene rings is 1. The predicted octanol–water partition coefficient (Wildman–Crippen LogP) is 2.74. The van der Waals surface area contributed by atoms with Gasteiger partial charge in [0, 0.05) is 45.9 Å². The minimum Gasteiger partial charge on any atom is -0.377 e. The van der Waals surface area contributed by atoms with Gasteiger partial charge in [-0.25, -0.2) is 0 Å². The van der Waals surface area contributed by atoms with E-state index in [2.05, 4.69) is 46.5 Å². The molecule has 0 spiro atoms. The van der Waals surface area contributed by atoms with Gasteiger partial charge in [0.1, 0.15) is 0 Å². The third kappa shape index (κ3) is 2.02. The lowest BCUT2D eigenvalue weighted by Crippen LogP contribution is -2.77. The van der Waals surface area contributed by atoms with E-state index in [-0.39, 0.29) is 11.0 Å². The first-order valence-corrected chi connectivity index (χ1v) is 8.47. The Balaban J connectivity index is 1.62. The minimum atomic E-state index is -0.141. The molecule has 0 bridgehead atoms. The third-order valence-corrected chi connectivity index (χ3v) is 6.98. The molecule has 3 unspecified atom stereocenters. The first-order chi connectivity index (χ1) is 8.97. The molecule has 0 aromatic carbocycles. The van der Waals surface area contributed by atoms with Gasteiger partial charge in [0.05, 0.1) is 6.10 Å². The van der Waals surface area contributed by atoms with Gasteiger partial charge in [-0.1, -0.05) is 13.8 Å². The Morgan fingerprint density at radius 1 is 1.58 bits per heavy atom. The zero-order chi connectivity index (χ0) is 13.7. The molecule has 3 atom stereocenters. The molecular weight excluding hydrogens is 324 g/mol. The summed E-state index contributed by atoms with van der Waals surface area (Å²) in [5.74, 6) is 0.516. The van der Waals surface area contributed by atoms with Crippen LogP contribution in [0.25, 0.3) is 0 Å². The van der Waals surface area contributed by atoms with Crippen molar-refractivity contribution in [1.29, 1.82) is 0 Å². The highest BCUT2D eigenvalue weighted by atomic mass is 79.9. The Kier molecular flexibility index (Phi) is 3.55. The fourth-order valence-electron chi connectivity index (χ4n) is 3.67. The SMILES string of the molecule is CC1(C)C2OCCC2C1(N)CNCc1sccc1Br. The van der Waals surface area contributed by atoms with Crippen molar-refractivity contribution in [3.8, 4) is 0 Å². The number of hydrogen-bond acceptors (Lipinski definition) is 4. The topological polar surface area (TPSA) is 47.3 Å². The smallest absolute Gasteiger partial charge is 0.0691 e. The molecule has 19 heavy (non-hydrogen) atoms. The average molecular weight is 345 g/mol. The van der Waals surface area contributed by atoms with E-state index in [9.17, 15) is 0 Å². The van der Waals surface area contributed by atoms with Crippen LogP contribution in [-0.4, -0.2) is 24.8 Å². The van der Waals surface area contributed by atoms with Crippen LogP contribution < -0.4 is 11.1 Å². The van der Waals surface area contributed by atoms with Crippen LogP contribution in [-0.2, 0) is 11.3 Å². The third-order valence-electron chi connectivity index (χ3n) is 5.06. The second kappa shape index (κ2) is 4.81. The molecule has 3 N–H and O–H groups in total. The summed E-state index contributed by atoms with van der Waals surface area (Å²) in [6, 6.07) is 2.09. The first-order valence-electron chi connectivity index (χ1n) is 6.80. The summed E-state index contributed by atoms with van der Waals surface area (Å²) in [5.41, 5.74) is 6.61. The molecule has 1 saturated carbocycles. The minimum absolute atomic E-state index is 0.0633. The van der Waals surface area contributed by atoms with Gasteiger partial charge in [0.25, 0.3) is 0 Å². The van der Waals surface area contributed by atoms with Crippen LogP contribution in [0.15, 0.2) is 15.9 Å². The molecule has 0 radical (unpaired) electrons. The van der Waals surface area contributed by atoms with E-state index in [1.165, 1.54) is 9.35 Å². The monoisotopic (exact) mass is 344 g/mol. The van der Waals surface area contributed by atoms with Crippen molar-refractivity contribution in [2.75, 3.05) is 13.2 Å². The van der Waals surface area contributed by atoms with Crippen molar-refractivity contribution in [3.05, 3.63) is 20.8 Å². The molecule has 1 saturated heterocycles. The lowest BCUT2D eigenvalue weighted by atomic mass is 9.48. The molecule has 5 heteroatoms. The summed E-state index contributed by atoms with van der Waals surface area (Å²) in [6.07, 6.45) is 1.46. The average Bonchev–Trinajstić information content (AvgIpc) is 2.97. The highest BCUT2D eigenvalue weighted by Crippen LogP contribution is 2.57. The summed E-state index contributed by atoms with van der Waals surface area (Å²) in [6.45, 7) is 7.08. The van der Waals surface area contributed by atoms with Crippen molar-refractivity contribution in [1.82, 2.24) is 5.32 Å². The quantitative estimate of drug-likeness (QED) is 0.882. The summed E-state index contributed by atoms with van der Waals surface area (Å²) in [4.78, 5) is 1.33. The second-order valence-electron chi connectivity index (χ2n) is 6.24. The standard InChI is InChI=1S/C14H21BrN2OS/c1-13(2)12-9(3-5-18-12)14(13,16)8-17-7-11-10(15)4-6-19-11/h4,6,9,12,17H,3,5,7-8,16H2,1-2H3. The number of nitrogens with one attached hydrogen (secondary N) is 1. The molecule has 3 rings (SSSR count). The number of fused-ring (bicyclic) bond motifs is 1.